The van der Waals surface area contributed by atoms with Crippen LogP contribution in [0.2, 0.25) is 0 Å². The first-order chi connectivity index (χ1) is 10.6. The van der Waals surface area contributed by atoms with Crippen molar-refractivity contribution in [1.82, 2.24) is 0 Å². The van der Waals surface area contributed by atoms with Crippen LogP contribution in [-0.4, -0.2) is 6.29 Å². The Labute approximate surface area is 139 Å². The lowest BCUT2D eigenvalue weighted by atomic mass is 9.80. The highest BCUT2D eigenvalue weighted by molar-refractivity contribution is 5.79. The van der Waals surface area contributed by atoms with Gasteiger partial charge in [0.1, 0.15) is 11.5 Å². The van der Waals surface area contributed by atoms with E-state index in [0.717, 1.165) is 17.6 Å². The van der Waals surface area contributed by atoms with Crippen molar-refractivity contribution in [3.05, 3.63) is 59.2 Å². The molecule has 0 radical (unpaired) electrons. The molecule has 0 aliphatic heterocycles. The normalized spacial score (nSPS) is 12.1. The minimum absolute atomic E-state index is 0.0489. The van der Waals surface area contributed by atoms with Crippen molar-refractivity contribution in [1.29, 1.82) is 0 Å². The summed E-state index contributed by atoms with van der Waals surface area (Å²) in [6.45, 7) is 13.1. The van der Waals surface area contributed by atoms with Gasteiger partial charge >= 0.3 is 0 Å². The molecule has 2 aromatic carbocycles. The summed E-state index contributed by atoms with van der Waals surface area (Å²) < 4.78 is 6.09. The number of benzene rings is 2. The van der Waals surface area contributed by atoms with Crippen molar-refractivity contribution in [2.24, 2.45) is 0 Å². The van der Waals surface area contributed by atoms with Crippen LogP contribution in [0.1, 0.15) is 63.0 Å². The first-order valence-corrected chi connectivity index (χ1v) is 8.00. The van der Waals surface area contributed by atoms with E-state index in [9.17, 15) is 4.79 Å². The first-order valence-electron chi connectivity index (χ1n) is 8.00. The number of hydrogen-bond donors (Lipinski definition) is 0. The molecule has 2 heteroatoms. The van der Waals surface area contributed by atoms with Gasteiger partial charge in [-0.2, -0.15) is 0 Å². The summed E-state index contributed by atoms with van der Waals surface area (Å²) in [5, 5.41) is 0. The third-order valence-corrected chi connectivity index (χ3v) is 3.92. The Morgan fingerprint density at radius 1 is 0.826 bits per heavy atom. The van der Waals surface area contributed by atoms with Gasteiger partial charge in [-0.25, -0.2) is 0 Å². The number of carbonyl (C=O) groups is 1. The number of ether oxygens (including phenoxy) is 1. The van der Waals surface area contributed by atoms with Gasteiger partial charge in [0, 0.05) is 5.56 Å². The molecule has 0 amide bonds. The van der Waals surface area contributed by atoms with Gasteiger partial charge in [0.25, 0.3) is 0 Å². The molecular weight excluding hydrogens is 284 g/mol. The third-order valence-electron chi connectivity index (χ3n) is 3.92. The fraction of sp³-hybridized carbons (Fsp3) is 0.381. The van der Waals surface area contributed by atoms with Gasteiger partial charge in [-0.1, -0.05) is 65.8 Å². The number of hydrogen-bond acceptors (Lipinski definition) is 2. The van der Waals surface area contributed by atoms with Crippen LogP contribution in [0.15, 0.2) is 42.5 Å². The monoisotopic (exact) mass is 310 g/mol. The van der Waals surface area contributed by atoms with Gasteiger partial charge in [0.15, 0.2) is 6.29 Å². The predicted octanol–water partition coefficient (Wildman–Crippen LogP) is 5.89. The zero-order chi connectivity index (χ0) is 17.3. The maximum absolute atomic E-state index is 11.2. The van der Waals surface area contributed by atoms with Crippen LogP contribution in [0.3, 0.4) is 0 Å². The lowest BCUT2D eigenvalue weighted by Crippen LogP contribution is -2.17. The van der Waals surface area contributed by atoms with E-state index in [4.69, 9.17) is 4.74 Å². The summed E-state index contributed by atoms with van der Waals surface area (Å²) in [4.78, 5) is 11.2. The van der Waals surface area contributed by atoms with Crippen molar-refractivity contribution < 1.29 is 9.53 Å². The molecule has 0 unspecified atom stereocenters. The largest absolute Gasteiger partial charge is 0.456 e. The lowest BCUT2D eigenvalue weighted by molar-refractivity contribution is 0.112. The summed E-state index contributed by atoms with van der Waals surface area (Å²) in [6.07, 6.45) is 0.829. The molecule has 2 rings (SSSR count). The molecule has 23 heavy (non-hydrogen) atoms. The zero-order valence-corrected chi connectivity index (χ0v) is 14.9. The number of carbonyl (C=O) groups excluding carboxylic acids is 1. The molecule has 0 N–H and O–H groups in total. The molecule has 0 spiro atoms. The van der Waals surface area contributed by atoms with Crippen LogP contribution >= 0.6 is 0 Å². The Bertz CT molecular complexity index is 701. The van der Waals surface area contributed by atoms with E-state index in [1.54, 1.807) is 6.07 Å². The van der Waals surface area contributed by atoms with Crippen LogP contribution in [-0.2, 0) is 10.8 Å². The van der Waals surface area contributed by atoms with E-state index in [1.165, 1.54) is 5.56 Å². The van der Waals surface area contributed by atoms with Crippen LogP contribution < -0.4 is 4.74 Å². The average molecular weight is 310 g/mol. The van der Waals surface area contributed by atoms with Gasteiger partial charge in [0.2, 0.25) is 0 Å². The van der Waals surface area contributed by atoms with E-state index < -0.39 is 0 Å². The Morgan fingerprint density at radius 3 is 2.04 bits per heavy atom. The molecule has 0 fully saturated rings. The molecule has 0 saturated carbocycles. The Hall–Kier alpha value is -2.09. The molecule has 0 saturated heterocycles. The summed E-state index contributed by atoms with van der Waals surface area (Å²) >= 11 is 0. The highest BCUT2D eigenvalue weighted by Gasteiger charge is 2.23. The molecule has 0 aliphatic rings. The topological polar surface area (TPSA) is 26.3 Å². The Balaban J connectivity index is 2.52. The highest BCUT2D eigenvalue weighted by atomic mass is 16.5. The fourth-order valence-electron chi connectivity index (χ4n) is 2.46. The van der Waals surface area contributed by atoms with Gasteiger partial charge in [0.05, 0.1) is 5.56 Å². The minimum atomic E-state index is -0.0489. The van der Waals surface area contributed by atoms with Crippen LogP contribution in [0.4, 0.5) is 0 Å². The smallest absolute Gasteiger partial charge is 0.153 e. The van der Waals surface area contributed by atoms with Crippen LogP contribution in [0.25, 0.3) is 0 Å². The van der Waals surface area contributed by atoms with Gasteiger partial charge in [-0.05, 0) is 34.6 Å². The van der Waals surface area contributed by atoms with Crippen molar-refractivity contribution in [2.75, 3.05) is 0 Å². The maximum atomic E-state index is 11.2. The first kappa shape index (κ1) is 17.3. The van der Waals surface area contributed by atoms with Crippen LogP contribution in [0.5, 0.6) is 11.5 Å². The summed E-state index contributed by atoms with van der Waals surface area (Å²) in [5.41, 5.74) is 3.02. The second-order valence-corrected chi connectivity index (χ2v) is 7.97. The summed E-state index contributed by atoms with van der Waals surface area (Å²) in [6, 6.07) is 13.7. The molecule has 0 atom stereocenters. The standard InChI is InChI=1S/C21H26O2/c1-20(2,3)16-11-12-19(17(13-16)21(4,5)6)23-18-10-8-7-9-15(18)14-22/h7-14H,1-6H3. The molecule has 2 aromatic rings. The third kappa shape index (κ3) is 4.01. The van der Waals surface area contributed by atoms with Crippen molar-refractivity contribution in [2.45, 2.75) is 52.4 Å². The molecule has 0 aliphatic carbocycles. The number of para-hydroxylation sites is 1. The predicted molar refractivity (Wildman–Crippen MR) is 95.7 cm³/mol. The van der Waals surface area contributed by atoms with E-state index >= 15 is 0 Å². The Morgan fingerprint density at radius 2 is 1.48 bits per heavy atom. The lowest BCUT2D eigenvalue weighted by Gasteiger charge is -2.27. The van der Waals surface area contributed by atoms with E-state index in [-0.39, 0.29) is 10.8 Å². The summed E-state index contributed by atoms with van der Waals surface area (Å²) in [5.74, 6) is 1.40. The zero-order valence-electron chi connectivity index (χ0n) is 14.9. The minimum Gasteiger partial charge on any atom is -0.456 e. The SMILES string of the molecule is CC(C)(C)c1ccc(Oc2ccccc2C=O)c(C(C)(C)C)c1. The molecule has 0 bridgehead atoms. The molecule has 0 aromatic heterocycles. The van der Waals surface area contributed by atoms with Gasteiger partial charge in [-0.15, -0.1) is 0 Å². The number of aldehydes is 1. The molecular formula is C21H26O2. The van der Waals surface area contributed by atoms with E-state index in [1.807, 2.05) is 24.3 Å². The second-order valence-electron chi connectivity index (χ2n) is 7.97. The molecule has 2 nitrogen and oxygen atoms in total. The maximum Gasteiger partial charge on any atom is 0.153 e. The number of rotatable bonds is 3. The quantitative estimate of drug-likeness (QED) is 0.661. The molecule has 122 valence electrons. The van der Waals surface area contributed by atoms with Crippen molar-refractivity contribution >= 4 is 6.29 Å². The highest BCUT2D eigenvalue weighted by Crippen LogP contribution is 2.38. The van der Waals surface area contributed by atoms with Crippen molar-refractivity contribution in [3.8, 4) is 11.5 Å². The van der Waals surface area contributed by atoms with Crippen molar-refractivity contribution in [3.63, 3.8) is 0 Å². The fourth-order valence-corrected chi connectivity index (χ4v) is 2.46. The average Bonchev–Trinajstić information content (AvgIpc) is 2.46. The van der Waals surface area contributed by atoms with E-state index in [2.05, 4.69) is 53.7 Å². The van der Waals surface area contributed by atoms with Gasteiger partial charge < -0.3 is 4.74 Å². The summed E-state index contributed by atoms with van der Waals surface area (Å²) in [7, 11) is 0. The molecule has 0 heterocycles. The van der Waals surface area contributed by atoms with E-state index in [0.29, 0.717) is 11.3 Å². The van der Waals surface area contributed by atoms with Gasteiger partial charge in [-0.3, -0.25) is 4.79 Å². The second kappa shape index (κ2) is 6.19. The Kier molecular flexibility index (Phi) is 4.65. The van der Waals surface area contributed by atoms with Crippen LogP contribution in [0, 0.1) is 0 Å².